The van der Waals surface area contributed by atoms with Crippen molar-refractivity contribution >= 4 is 5.91 Å². The van der Waals surface area contributed by atoms with E-state index in [0.717, 1.165) is 25.8 Å². The maximum Gasteiger partial charge on any atom is 0.222 e. The Morgan fingerprint density at radius 3 is 2.67 bits per heavy atom. The smallest absolute Gasteiger partial charge is 0.222 e. The van der Waals surface area contributed by atoms with Gasteiger partial charge >= 0.3 is 0 Å². The molecule has 0 fully saturated rings. The zero-order valence-corrected chi connectivity index (χ0v) is 9.87. The Kier molecular flexibility index (Phi) is 9.18. The van der Waals surface area contributed by atoms with Crippen LogP contribution in [0.3, 0.4) is 0 Å². The average Bonchev–Trinajstić information content (AvgIpc) is 2.25. The molecular weight excluding hydrogens is 188 g/mol. The Bertz CT molecular complexity index is 180. The highest BCUT2D eigenvalue weighted by molar-refractivity contribution is 5.75. The minimum atomic E-state index is 0.212. The molecule has 0 aromatic heterocycles. The standard InChI is InChI=1S/C12H24N2O/c1-3-4-5-6-7-11-14(2)12(15)9-8-10-13/h3H,1,4-11,13H2,2H3. The van der Waals surface area contributed by atoms with Gasteiger partial charge in [0.1, 0.15) is 0 Å². The molecule has 0 spiro atoms. The Balaban J connectivity index is 3.42. The van der Waals surface area contributed by atoms with Crippen molar-refractivity contribution in [1.29, 1.82) is 0 Å². The summed E-state index contributed by atoms with van der Waals surface area (Å²) in [6.45, 7) is 5.14. The summed E-state index contributed by atoms with van der Waals surface area (Å²) in [6.07, 6.45) is 7.81. The Morgan fingerprint density at radius 1 is 1.33 bits per heavy atom. The van der Waals surface area contributed by atoms with E-state index in [1.165, 1.54) is 12.8 Å². The van der Waals surface area contributed by atoms with Gasteiger partial charge in [0.05, 0.1) is 0 Å². The SMILES string of the molecule is C=CCCCCCN(C)C(=O)CCCN. The first-order valence-corrected chi connectivity index (χ1v) is 5.77. The third kappa shape index (κ3) is 8.18. The normalized spacial score (nSPS) is 10.0. The quantitative estimate of drug-likeness (QED) is 0.469. The van der Waals surface area contributed by atoms with Crippen LogP contribution in [0.4, 0.5) is 0 Å². The zero-order chi connectivity index (χ0) is 11.5. The maximum atomic E-state index is 11.5. The Morgan fingerprint density at radius 2 is 2.07 bits per heavy atom. The molecule has 0 unspecified atom stereocenters. The van der Waals surface area contributed by atoms with Gasteiger partial charge in [-0.3, -0.25) is 4.79 Å². The van der Waals surface area contributed by atoms with Crippen LogP contribution in [-0.4, -0.2) is 30.9 Å². The summed E-state index contributed by atoms with van der Waals surface area (Å²) in [5.41, 5.74) is 5.35. The first-order chi connectivity index (χ1) is 7.22. The van der Waals surface area contributed by atoms with Crippen LogP contribution < -0.4 is 5.73 Å². The number of nitrogens with zero attached hydrogens (tertiary/aromatic N) is 1. The minimum Gasteiger partial charge on any atom is -0.346 e. The molecule has 15 heavy (non-hydrogen) atoms. The van der Waals surface area contributed by atoms with E-state index in [9.17, 15) is 4.79 Å². The number of allylic oxidation sites excluding steroid dienone is 1. The lowest BCUT2D eigenvalue weighted by Gasteiger charge is -2.16. The lowest BCUT2D eigenvalue weighted by molar-refractivity contribution is -0.130. The number of carbonyl (C=O) groups excluding carboxylic acids is 1. The highest BCUT2D eigenvalue weighted by Gasteiger charge is 2.06. The predicted octanol–water partition coefficient (Wildman–Crippen LogP) is 1.93. The van der Waals surface area contributed by atoms with Gasteiger partial charge < -0.3 is 10.6 Å². The van der Waals surface area contributed by atoms with Crippen LogP contribution >= 0.6 is 0 Å². The van der Waals surface area contributed by atoms with Crippen LogP contribution in [0.5, 0.6) is 0 Å². The zero-order valence-electron chi connectivity index (χ0n) is 9.87. The summed E-state index contributed by atoms with van der Waals surface area (Å²) in [5, 5.41) is 0. The van der Waals surface area contributed by atoms with E-state index in [1.54, 1.807) is 0 Å². The molecule has 0 radical (unpaired) electrons. The van der Waals surface area contributed by atoms with Gasteiger partial charge in [0, 0.05) is 20.0 Å². The summed E-state index contributed by atoms with van der Waals surface area (Å²) in [6, 6.07) is 0. The monoisotopic (exact) mass is 212 g/mol. The highest BCUT2D eigenvalue weighted by Crippen LogP contribution is 2.02. The Labute approximate surface area is 93.3 Å². The van der Waals surface area contributed by atoms with Crippen molar-refractivity contribution in [3.63, 3.8) is 0 Å². The van der Waals surface area contributed by atoms with Crippen molar-refractivity contribution in [3.05, 3.63) is 12.7 Å². The Hall–Kier alpha value is -0.830. The molecule has 0 saturated carbocycles. The van der Waals surface area contributed by atoms with E-state index in [0.29, 0.717) is 13.0 Å². The van der Waals surface area contributed by atoms with Crippen molar-refractivity contribution in [2.75, 3.05) is 20.1 Å². The second-order valence-corrected chi connectivity index (χ2v) is 3.85. The molecule has 3 nitrogen and oxygen atoms in total. The summed E-state index contributed by atoms with van der Waals surface area (Å²) in [7, 11) is 1.87. The van der Waals surface area contributed by atoms with Crippen molar-refractivity contribution in [2.45, 2.75) is 38.5 Å². The molecule has 0 aliphatic carbocycles. The molecule has 0 saturated heterocycles. The number of rotatable bonds is 9. The van der Waals surface area contributed by atoms with Gasteiger partial charge in [0.25, 0.3) is 0 Å². The molecule has 1 amide bonds. The lowest BCUT2D eigenvalue weighted by atomic mass is 10.2. The molecule has 0 rings (SSSR count). The van der Waals surface area contributed by atoms with Crippen molar-refractivity contribution in [1.82, 2.24) is 4.90 Å². The van der Waals surface area contributed by atoms with Gasteiger partial charge in [-0.15, -0.1) is 6.58 Å². The van der Waals surface area contributed by atoms with Crippen LogP contribution in [0.15, 0.2) is 12.7 Å². The number of hydrogen-bond acceptors (Lipinski definition) is 2. The molecule has 0 aromatic carbocycles. The summed E-state index contributed by atoms with van der Waals surface area (Å²) in [5.74, 6) is 0.212. The predicted molar refractivity (Wildman–Crippen MR) is 64.6 cm³/mol. The summed E-state index contributed by atoms with van der Waals surface area (Å²) < 4.78 is 0. The van der Waals surface area contributed by atoms with Crippen molar-refractivity contribution in [3.8, 4) is 0 Å². The third-order valence-corrected chi connectivity index (χ3v) is 2.42. The van der Waals surface area contributed by atoms with Crippen LogP contribution in [-0.2, 0) is 4.79 Å². The summed E-state index contributed by atoms with van der Waals surface area (Å²) >= 11 is 0. The molecule has 88 valence electrons. The van der Waals surface area contributed by atoms with E-state index < -0.39 is 0 Å². The number of nitrogens with two attached hydrogens (primary N) is 1. The molecule has 3 heteroatoms. The first kappa shape index (κ1) is 14.2. The number of carbonyl (C=O) groups is 1. The molecular formula is C12H24N2O. The van der Waals surface area contributed by atoms with Crippen LogP contribution in [0.25, 0.3) is 0 Å². The molecule has 0 atom stereocenters. The number of hydrogen-bond donors (Lipinski definition) is 1. The van der Waals surface area contributed by atoms with Gasteiger partial charge in [0.15, 0.2) is 0 Å². The lowest BCUT2D eigenvalue weighted by Crippen LogP contribution is -2.27. The number of unbranched alkanes of at least 4 members (excludes halogenated alkanes) is 3. The summed E-state index contributed by atoms with van der Waals surface area (Å²) in [4.78, 5) is 13.3. The second kappa shape index (κ2) is 9.71. The first-order valence-electron chi connectivity index (χ1n) is 5.77. The fourth-order valence-corrected chi connectivity index (χ4v) is 1.38. The van der Waals surface area contributed by atoms with E-state index in [2.05, 4.69) is 6.58 Å². The van der Waals surface area contributed by atoms with Gasteiger partial charge in [-0.05, 0) is 32.2 Å². The molecule has 0 aliphatic rings. The van der Waals surface area contributed by atoms with Gasteiger partial charge in [-0.25, -0.2) is 0 Å². The second-order valence-electron chi connectivity index (χ2n) is 3.85. The fourth-order valence-electron chi connectivity index (χ4n) is 1.38. The molecule has 2 N–H and O–H groups in total. The van der Waals surface area contributed by atoms with E-state index >= 15 is 0 Å². The van der Waals surface area contributed by atoms with Crippen LogP contribution in [0.1, 0.15) is 38.5 Å². The van der Waals surface area contributed by atoms with Gasteiger partial charge in [0.2, 0.25) is 5.91 Å². The van der Waals surface area contributed by atoms with Crippen molar-refractivity contribution in [2.24, 2.45) is 5.73 Å². The molecule has 0 heterocycles. The van der Waals surface area contributed by atoms with Crippen molar-refractivity contribution < 1.29 is 4.79 Å². The molecule has 0 bridgehead atoms. The third-order valence-electron chi connectivity index (χ3n) is 2.42. The molecule has 0 aliphatic heterocycles. The van der Waals surface area contributed by atoms with Crippen LogP contribution in [0.2, 0.25) is 0 Å². The van der Waals surface area contributed by atoms with E-state index in [1.807, 2.05) is 18.0 Å². The van der Waals surface area contributed by atoms with Crippen LogP contribution in [0, 0.1) is 0 Å². The molecule has 0 aromatic rings. The number of amides is 1. The maximum absolute atomic E-state index is 11.5. The van der Waals surface area contributed by atoms with Gasteiger partial charge in [-0.2, -0.15) is 0 Å². The topological polar surface area (TPSA) is 46.3 Å². The fraction of sp³-hybridized carbons (Fsp3) is 0.750. The minimum absolute atomic E-state index is 0.212. The largest absolute Gasteiger partial charge is 0.346 e. The highest BCUT2D eigenvalue weighted by atomic mass is 16.2. The van der Waals surface area contributed by atoms with Gasteiger partial charge in [-0.1, -0.05) is 12.5 Å². The van der Waals surface area contributed by atoms with E-state index in [-0.39, 0.29) is 5.91 Å². The van der Waals surface area contributed by atoms with E-state index in [4.69, 9.17) is 5.73 Å². The average molecular weight is 212 g/mol.